The second-order valence-electron chi connectivity index (χ2n) is 5.25. The Morgan fingerprint density at radius 1 is 1.08 bits per heavy atom. The summed E-state index contributed by atoms with van der Waals surface area (Å²) < 4.78 is 5.19. The minimum absolute atomic E-state index is 0.206. The van der Waals surface area contributed by atoms with Crippen molar-refractivity contribution in [3.8, 4) is 5.75 Å². The van der Waals surface area contributed by atoms with Crippen molar-refractivity contribution >= 4 is 23.6 Å². The quantitative estimate of drug-likeness (QED) is 0.716. The molecule has 0 bridgehead atoms. The smallest absolute Gasteiger partial charge is 0.256 e. The van der Waals surface area contributed by atoms with Crippen molar-refractivity contribution in [1.82, 2.24) is 4.98 Å². The molecule has 1 heterocycles. The number of anilines is 1. The van der Waals surface area contributed by atoms with Crippen molar-refractivity contribution in [2.75, 3.05) is 12.4 Å². The molecule has 5 nitrogen and oxygen atoms in total. The minimum atomic E-state index is -0.206. The number of amides is 1. The third-order valence-electron chi connectivity index (χ3n) is 3.49. The van der Waals surface area contributed by atoms with E-state index in [-0.39, 0.29) is 5.91 Å². The lowest BCUT2D eigenvalue weighted by molar-refractivity contribution is 0.102. The molecule has 0 spiro atoms. The molecule has 0 atom stereocenters. The van der Waals surface area contributed by atoms with E-state index >= 15 is 0 Å². The Balaban J connectivity index is 1.67. The van der Waals surface area contributed by atoms with Crippen LogP contribution in [0.25, 0.3) is 0 Å². The van der Waals surface area contributed by atoms with Crippen LogP contribution in [0.1, 0.15) is 15.9 Å². The molecule has 0 fully saturated rings. The van der Waals surface area contributed by atoms with E-state index in [0.717, 1.165) is 17.0 Å². The largest absolute Gasteiger partial charge is 0.497 e. The molecule has 2 aromatic carbocycles. The Kier molecular flexibility index (Phi) is 5.16. The van der Waals surface area contributed by atoms with Crippen molar-refractivity contribution in [3.63, 3.8) is 0 Å². The summed E-state index contributed by atoms with van der Waals surface area (Å²) in [5.41, 5.74) is 2.25. The van der Waals surface area contributed by atoms with Crippen LogP contribution in [0.3, 0.4) is 0 Å². The number of hydrogen-bond donors (Lipinski definition) is 1. The molecule has 1 amide bonds. The minimum Gasteiger partial charge on any atom is -0.497 e. The maximum atomic E-state index is 12.2. The molecule has 3 rings (SSSR count). The fraction of sp³-hybridized carbons (Fsp3) is 0.0500. The van der Waals surface area contributed by atoms with Gasteiger partial charge in [-0.05, 0) is 54.1 Å². The van der Waals surface area contributed by atoms with Gasteiger partial charge in [-0.3, -0.25) is 9.79 Å². The van der Waals surface area contributed by atoms with Gasteiger partial charge >= 0.3 is 0 Å². The van der Waals surface area contributed by atoms with Crippen molar-refractivity contribution < 1.29 is 9.53 Å². The highest BCUT2D eigenvalue weighted by Crippen LogP contribution is 2.16. The monoisotopic (exact) mass is 331 g/mol. The van der Waals surface area contributed by atoms with Crippen LogP contribution in [0.5, 0.6) is 5.75 Å². The van der Waals surface area contributed by atoms with Crippen LogP contribution in [-0.2, 0) is 0 Å². The standard InChI is InChI=1S/C20H17N3O2/c1-25-18-6-4-5-15(13-18)14-22-17-10-8-16(9-11-17)20(24)23-19-7-2-3-12-21-19/h2-14H,1H3,(H,21,23,24). The molecule has 0 aliphatic carbocycles. The molecule has 0 radical (unpaired) electrons. The predicted molar refractivity (Wildman–Crippen MR) is 98.9 cm³/mol. The van der Waals surface area contributed by atoms with E-state index < -0.39 is 0 Å². The number of nitrogens with zero attached hydrogens (tertiary/aromatic N) is 2. The summed E-state index contributed by atoms with van der Waals surface area (Å²) in [6.45, 7) is 0. The van der Waals surface area contributed by atoms with Gasteiger partial charge in [0.1, 0.15) is 11.6 Å². The van der Waals surface area contributed by atoms with Crippen molar-refractivity contribution in [1.29, 1.82) is 0 Å². The third-order valence-corrected chi connectivity index (χ3v) is 3.49. The number of aliphatic imine (C=N–C) groups is 1. The van der Waals surface area contributed by atoms with E-state index in [0.29, 0.717) is 11.4 Å². The second kappa shape index (κ2) is 7.88. The fourth-order valence-corrected chi connectivity index (χ4v) is 2.19. The summed E-state index contributed by atoms with van der Waals surface area (Å²) in [6, 6.07) is 20.0. The first-order valence-electron chi connectivity index (χ1n) is 7.75. The SMILES string of the molecule is COc1cccc(C=Nc2ccc(C(=O)Nc3ccccn3)cc2)c1. The molecule has 0 unspecified atom stereocenters. The number of aromatic nitrogens is 1. The molecule has 124 valence electrons. The van der Waals surface area contributed by atoms with Gasteiger partial charge in [0.25, 0.3) is 5.91 Å². The molecule has 0 saturated heterocycles. The van der Waals surface area contributed by atoms with Crippen LogP contribution in [-0.4, -0.2) is 24.2 Å². The highest BCUT2D eigenvalue weighted by atomic mass is 16.5. The highest BCUT2D eigenvalue weighted by molar-refractivity contribution is 6.03. The number of pyridine rings is 1. The zero-order valence-electron chi connectivity index (χ0n) is 13.7. The molecule has 0 aliphatic heterocycles. The number of hydrogen-bond acceptors (Lipinski definition) is 4. The Morgan fingerprint density at radius 3 is 2.64 bits per heavy atom. The number of methoxy groups -OCH3 is 1. The van der Waals surface area contributed by atoms with Crippen LogP contribution < -0.4 is 10.1 Å². The summed E-state index contributed by atoms with van der Waals surface area (Å²) in [7, 11) is 1.63. The van der Waals surface area contributed by atoms with Gasteiger partial charge in [0.15, 0.2) is 0 Å². The van der Waals surface area contributed by atoms with Gasteiger partial charge in [0.05, 0.1) is 12.8 Å². The first-order chi connectivity index (χ1) is 12.2. The Morgan fingerprint density at radius 2 is 1.92 bits per heavy atom. The average molecular weight is 331 g/mol. The fourth-order valence-electron chi connectivity index (χ4n) is 2.19. The average Bonchev–Trinajstić information content (AvgIpc) is 2.67. The Labute approximate surface area is 146 Å². The van der Waals surface area contributed by atoms with Gasteiger partial charge in [-0.2, -0.15) is 0 Å². The first-order valence-corrected chi connectivity index (χ1v) is 7.75. The van der Waals surface area contributed by atoms with Gasteiger partial charge < -0.3 is 10.1 Å². The number of nitrogens with one attached hydrogen (secondary N) is 1. The molecular weight excluding hydrogens is 314 g/mol. The predicted octanol–water partition coefficient (Wildman–Crippen LogP) is 4.09. The number of benzene rings is 2. The molecular formula is C20H17N3O2. The van der Waals surface area contributed by atoms with Gasteiger partial charge in [0.2, 0.25) is 0 Å². The number of carbonyl (C=O) groups excluding carboxylic acids is 1. The maximum absolute atomic E-state index is 12.2. The van der Waals surface area contributed by atoms with Gasteiger partial charge in [-0.1, -0.05) is 18.2 Å². The van der Waals surface area contributed by atoms with Crippen molar-refractivity contribution in [2.24, 2.45) is 4.99 Å². The summed E-state index contributed by atoms with van der Waals surface area (Å²) in [6.07, 6.45) is 3.39. The van der Waals surface area contributed by atoms with Crippen LogP contribution in [0.15, 0.2) is 77.9 Å². The Hall–Kier alpha value is -3.47. The van der Waals surface area contributed by atoms with Gasteiger partial charge in [-0.15, -0.1) is 0 Å². The molecule has 0 aliphatic rings. The van der Waals surface area contributed by atoms with Crippen molar-refractivity contribution in [3.05, 3.63) is 84.1 Å². The lowest BCUT2D eigenvalue weighted by Gasteiger charge is -2.04. The summed E-state index contributed by atoms with van der Waals surface area (Å²) in [4.78, 5) is 20.7. The van der Waals surface area contributed by atoms with Crippen molar-refractivity contribution in [2.45, 2.75) is 0 Å². The summed E-state index contributed by atoms with van der Waals surface area (Å²) >= 11 is 0. The number of carbonyl (C=O) groups is 1. The summed E-state index contributed by atoms with van der Waals surface area (Å²) in [5.74, 6) is 1.10. The van der Waals surface area contributed by atoms with Gasteiger partial charge in [0, 0.05) is 18.0 Å². The van der Waals surface area contributed by atoms with E-state index in [2.05, 4.69) is 15.3 Å². The second-order valence-corrected chi connectivity index (χ2v) is 5.25. The van der Waals surface area contributed by atoms with E-state index in [1.54, 1.807) is 55.9 Å². The van der Waals surface area contributed by atoms with E-state index in [9.17, 15) is 4.79 Å². The van der Waals surface area contributed by atoms with E-state index in [1.165, 1.54) is 0 Å². The number of ether oxygens (including phenoxy) is 1. The number of rotatable bonds is 5. The molecule has 25 heavy (non-hydrogen) atoms. The third kappa shape index (κ3) is 4.51. The summed E-state index contributed by atoms with van der Waals surface area (Å²) in [5, 5.41) is 2.75. The maximum Gasteiger partial charge on any atom is 0.256 e. The van der Waals surface area contributed by atoms with Crippen LogP contribution in [0, 0.1) is 0 Å². The normalized spacial score (nSPS) is 10.6. The molecule has 0 saturated carbocycles. The first kappa shape index (κ1) is 16.4. The van der Waals surface area contributed by atoms with E-state index in [1.807, 2.05) is 30.3 Å². The molecule has 5 heteroatoms. The zero-order valence-corrected chi connectivity index (χ0v) is 13.7. The molecule has 1 N–H and O–H groups in total. The molecule has 3 aromatic rings. The highest BCUT2D eigenvalue weighted by Gasteiger charge is 2.06. The van der Waals surface area contributed by atoms with Crippen LogP contribution in [0.2, 0.25) is 0 Å². The topological polar surface area (TPSA) is 63.6 Å². The van der Waals surface area contributed by atoms with Crippen LogP contribution >= 0.6 is 0 Å². The van der Waals surface area contributed by atoms with Gasteiger partial charge in [-0.25, -0.2) is 4.98 Å². The Bertz CT molecular complexity index is 875. The lowest BCUT2D eigenvalue weighted by atomic mass is 10.2. The van der Waals surface area contributed by atoms with Crippen LogP contribution in [0.4, 0.5) is 11.5 Å². The lowest BCUT2D eigenvalue weighted by Crippen LogP contribution is -2.12. The molecule has 1 aromatic heterocycles. The zero-order chi connectivity index (χ0) is 17.5. The van der Waals surface area contributed by atoms with E-state index in [4.69, 9.17) is 4.74 Å².